The van der Waals surface area contributed by atoms with Crippen LogP contribution in [-0.4, -0.2) is 60.6 Å². The number of hydrogen-bond acceptors (Lipinski definition) is 5. The minimum atomic E-state index is -0.401. The van der Waals surface area contributed by atoms with E-state index < -0.39 is 5.54 Å². The molecule has 0 spiro atoms. The average molecular weight is 472 g/mol. The second-order valence-corrected chi connectivity index (χ2v) is 9.96. The zero-order valence-corrected chi connectivity index (χ0v) is 20.6. The Kier molecular flexibility index (Phi) is 8.02. The highest BCUT2D eigenvalue weighted by Gasteiger charge is 2.34. The first-order valence-corrected chi connectivity index (χ1v) is 11.9. The van der Waals surface area contributed by atoms with Gasteiger partial charge in [-0.25, -0.2) is 4.79 Å². The zero-order chi connectivity index (χ0) is 24.0. The van der Waals surface area contributed by atoms with E-state index >= 15 is 0 Å². The van der Waals surface area contributed by atoms with E-state index in [1.165, 1.54) is 9.78 Å². The molecular weight excluding hydrogens is 438 g/mol. The molecular formula is C25H33N3O4S. The van der Waals surface area contributed by atoms with Crippen LogP contribution in [0, 0.1) is 0 Å². The van der Waals surface area contributed by atoms with Gasteiger partial charge in [0.25, 0.3) is 0 Å². The quantitative estimate of drug-likeness (QED) is 0.584. The zero-order valence-electron chi connectivity index (χ0n) is 19.8. The van der Waals surface area contributed by atoms with E-state index in [1.807, 2.05) is 49.9 Å². The number of para-hydroxylation sites is 2. The summed E-state index contributed by atoms with van der Waals surface area (Å²) in [5.74, 6) is 1.16. The molecule has 0 fully saturated rings. The van der Waals surface area contributed by atoms with Crippen molar-refractivity contribution in [2.75, 3.05) is 33.4 Å². The predicted octanol–water partition coefficient (Wildman–Crippen LogP) is 4.26. The number of nitrogens with one attached hydrogen (secondary N) is 1. The summed E-state index contributed by atoms with van der Waals surface area (Å²) < 4.78 is 11.5. The summed E-state index contributed by atoms with van der Waals surface area (Å²) in [6.45, 7) is 10.6. The van der Waals surface area contributed by atoms with Crippen LogP contribution in [-0.2, 0) is 11.2 Å². The van der Waals surface area contributed by atoms with E-state index in [9.17, 15) is 9.59 Å². The van der Waals surface area contributed by atoms with Gasteiger partial charge in [0.2, 0.25) is 5.91 Å². The third-order valence-electron chi connectivity index (χ3n) is 5.33. The normalized spacial score (nSPS) is 15.4. The van der Waals surface area contributed by atoms with Crippen molar-refractivity contribution in [3.63, 3.8) is 0 Å². The van der Waals surface area contributed by atoms with Gasteiger partial charge < -0.3 is 24.6 Å². The molecule has 3 amide bonds. The van der Waals surface area contributed by atoms with Gasteiger partial charge in [-0.2, -0.15) is 0 Å². The number of ether oxygens (including phenoxy) is 2. The first kappa shape index (κ1) is 24.6. The van der Waals surface area contributed by atoms with Crippen LogP contribution in [0.3, 0.4) is 0 Å². The van der Waals surface area contributed by atoms with Crippen molar-refractivity contribution in [2.24, 2.45) is 0 Å². The van der Waals surface area contributed by atoms with Crippen molar-refractivity contribution in [3.8, 4) is 11.5 Å². The maximum atomic E-state index is 13.4. The van der Waals surface area contributed by atoms with E-state index in [-0.39, 0.29) is 31.1 Å². The summed E-state index contributed by atoms with van der Waals surface area (Å²) >= 11 is 1.70. The third-order valence-corrected chi connectivity index (χ3v) is 6.32. The number of carbonyl (C=O) groups excluding carboxylic acids is 2. The van der Waals surface area contributed by atoms with Crippen LogP contribution in [0.2, 0.25) is 0 Å². The van der Waals surface area contributed by atoms with Crippen LogP contribution in [0.15, 0.2) is 48.4 Å². The summed E-state index contributed by atoms with van der Waals surface area (Å²) in [6.07, 6.45) is 2.42. The van der Waals surface area contributed by atoms with E-state index in [0.717, 1.165) is 12.0 Å². The summed E-state index contributed by atoms with van der Waals surface area (Å²) in [6, 6.07) is 9.00. The molecule has 1 aromatic carbocycles. The van der Waals surface area contributed by atoms with Crippen LogP contribution in [0.1, 0.15) is 37.3 Å². The number of urea groups is 1. The van der Waals surface area contributed by atoms with Crippen molar-refractivity contribution in [2.45, 2.75) is 38.8 Å². The van der Waals surface area contributed by atoms with Crippen LogP contribution in [0.5, 0.6) is 11.5 Å². The number of thiophene rings is 1. The molecule has 1 aromatic heterocycles. The lowest BCUT2D eigenvalue weighted by atomic mass is 10.0. The molecule has 1 aliphatic rings. The Labute approximate surface area is 200 Å². The van der Waals surface area contributed by atoms with Gasteiger partial charge in [0.05, 0.1) is 13.2 Å². The molecule has 1 N–H and O–H groups in total. The molecule has 0 bridgehead atoms. The first-order valence-electron chi connectivity index (χ1n) is 11.0. The van der Waals surface area contributed by atoms with Crippen LogP contribution in [0.4, 0.5) is 4.79 Å². The molecule has 7 nitrogen and oxygen atoms in total. The number of methoxy groups -OCH3 is 1. The Morgan fingerprint density at radius 2 is 2.00 bits per heavy atom. The molecule has 33 heavy (non-hydrogen) atoms. The predicted molar refractivity (Wildman–Crippen MR) is 131 cm³/mol. The second-order valence-electron chi connectivity index (χ2n) is 8.96. The van der Waals surface area contributed by atoms with Crippen molar-refractivity contribution >= 4 is 23.3 Å². The third kappa shape index (κ3) is 6.28. The Morgan fingerprint density at radius 1 is 1.27 bits per heavy atom. The highest BCUT2D eigenvalue weighted by Crippen LogP contribution is 2.35. The van der Waals surface area contributed by atoms with E-state index in [2.05, 4.69) is 23.3 Å². The summed E-state index contributed by atoms with van der Waals surface area (Å²) in [4.78, 5) is 30.7. The minimum absolute atomic E-state index is 0.0292. The Hall–Kier alpha value is -3.00. The van der Waals surface area contributed by atoms with E-state index in [0.29, 0.717) is 24.7 Å². The molecule has 3 rings (SSSR count). The number of benzene rings is 1. The van der Waals surface area contributed by atoms with Crippen molar-refractivity contribution in [3.05, 3.63) is 58.8 Å². The summed E-state index contributed by atoms with van der Waals surface area (Å²) in [5, 5.41) is 4.98. The Morgan fingerprint density at radius 3 is 2.67 bits per heavy atom. The average Bonchev–Trinajstić information content (AvgIpc) is 3.25. The van der Waals surface area contributed by atoms with Gasteiger partial charge in [-0.3, -0.25) is 4.79 Å². The van der Waals surface area contributed by atoms with Crippen LogP contribution < -0.4 is 14.8 Å². The van der Waals surface area contributed by atoms with Crippen molar-refractivity contribution in [1.29, 1.82) is 0 Å². The first-order chi connectivity index (χ1) is 15.7. The molecule has 2 aromatic rings. The van der Waals surface area contributed by atoms with Gasteiger partial charge >= 0.3 is 6.03 Å². The largest absolute Gasteiger partial charge is 0.493 e. The number of fused-ring (bicyclic) bond motifs is 1. The molecule has 2 heterocycles. The van der Waals surface area contributed by atoms with E-state index in [4.69, 9.17) is 9.47 Å². The number of amides is 3. The van der Waals surface area contributed by atoms with Crippen molar-refractivity contribution < 1.29 is 19.1 Å². The lowest BCUT2D eigenvalue weighted by Gasteiger charge is -2.37. The molecule has 0 saturated carbocycles. The molecule has 1 atom stereocenters. The Bertz CT molecular complexity index is 982. The monoisotopic (exact) mass is 471 g/mol. The molecule has 0 radical (unpaired) electrons. The van der Waals surface area contributed by atoms with Gasteiger partial charge in [0, 0.05) is 23.5 Å². The maximum absolute atomic E-state index is 13.4. The van der Waals surface area contributed by atoms with Gasteiger partial charge in [-0.05, 0) is 56.3 Å². The number of carbonyl (C=O) groups is 2. The molecule has 0 aliphatic carbocycles. The second kappa shape index (κ2) is 10.7. The van der Waals surface area contributed by atoms with Gasteiger partial charge in [0.1, 0.15) is 13.2 Å². The lowest BCUT2D eigenvalue weighted by Crippen LogP contribution is -2.53. The molecule has 1 unspecified atom stereocenters. The number of nitrogens with zero attached hydrogens (tertiary/aromatic N) is 2. The van der Waals surface area contributed by atoms with Crippen LogP contribution >= 0.6 is 11.3 Å². The van der Waals surface area contributed by atoms with Gasteiger partial charge in [-0.1, -0.05) is 18.2 Å². The number of hydrogen-bond donors (Lipinski definition) is 1. The SMILES string of the molecule is C=CCN(CC(=O)N1CCc2sccc2C1COc1ccccc1OC)C(=O)NC(C)(C)C. The topological polar surface area (TPSA) is 71.1 Å². The molecule has 178 valence electrons. The number of rotatable bonds is 8. The standard InChI is InChI=1S/C25H33N3O4S/c1-6-13-27(24(30)26-25(2,3)4)16-23(29)28-14-11-22-18(12-15-33-22)19(28)17-32-21-10-8-7-9-20(21)31-5/h6-10,12,15,19H,1,11,13-14,16-17H2,2-5H3,(H,26,30). The van der Waals surface area contributed by atoms with Crippen molar-refractivity contribution in [1.82, 2.24) is 15.1 Å². The fraction of sp³-hybridized carbons (Fsp3) is 0.440. The highest BCUT2D eigenvalue weighted by atomic mass is 32.1. The lowest BCUT2D eigenvalue weighted by molar-refractivity contribution is -0.135. The molecule has 1 aliphatic heterocycles. The summed E-state index contributed by atoms with van der Waals surface area (Å²) in [7, 11) is 1.60. The smallest absolute Gasteiger partial charge is 0.318 e. The molecule has 0 saturated heterocycles. The van der Waals surface area contributed by atoms with Gasteiger partial charge in [0.15, 0.2) is 11.5 Å². The van der Waals surface area contributed by atoms with E-state index in [1.54, 1.807) is 24.5 Å². The minimum Gasteiger partial charge on any atom is -0.493 e. The Balaban J connectivity index is 1.78. The fourth-order valence-corrected chi connectivity index (χ4v) is 4.74. The van der Waals surface area contributed by atoms with Gasteiger partial charge in [-0.15, -0.1) is 17.9 Å². The van der Waals surface area contributed by atoms with Crippen LogP contribution in [0.25, 0.3) is 0 Å². The molecule has 8 heteroatoms. The maximum Gasteiger partial charge on any atom is 0.318 e. The summed E-state index contributed by atoms with van der Waals surface area (Å²) in [5.41, 5.74) is 0.699. The highest BCUT2D eigenvalue weighted by molar-refractivity contribution is 7.10. The fourth-order valence-electron chi connectivity index (χ4n) is 3.81.